The van der Waals surface area contributed by atoms with Gasteiger partial charge in [-0.1, -0.05) is 36.4 Å². The van der Waals surface area contributed by atoms with E-state index in [1.165, 1.54) is 11.7 Å². The van der Waals surface area contributed by atoms with Crippen LogP contribution in [0.3, 0.4) is 0 Å². The van der Waals surface area contributed by atoms with Crippen molar-refractivity contribution in [2.24, 2.45) is 7.05 Å². The molecule has 0 fully saturated rings. The van der Waals surface area contributed by atoms with Crippen molar-refractivity contribution in [3.05, 3.63) is 77.6 Å². The summed E-state index contributed by atoms with van der Waals surface area (Å²) in [6, 6.07) is 16.6. The van der Waals surface area contributed by atoms with Gasteiger partial charge in [-0.25, -0.2) is 4.79 Å². The fraction of sp³-hybridized carbons (Fsp3) is 0.105. The molecule has 2 N–H and O–H groups in total. The predicted octanol–water partition coefficient (Wildman–Crippen LogP) is 2.84. The van der Waals surface area contributed by atoms with Crippen molar-refractivity contribution in [3.63, 3.8) is 0 Å². The van der Waals surface area contributed by atoms with Crippen LogP contribution in [0.15, 0.2) is 60.8 Å². The van der Waals surface area contributed by atoms with Crippen LogP contribution in [0.5, 0.6) is 11.5 Å². The molecule has 7 heteroatoms. The highest BCUT2D eigenvalue weighted by atomic mass is 16.5. The Labute approximate surface area is 149 Å². The van der Waals surface area contributed by atoms with Crippen molar-refractivity contribution in [3.8, 4) is 11.5 Å². The summed E-state index contributed by atoms with van der Waals surface area (Å²) in [7, 11) is 1.52. The molecular weight excluding hydrogens is 334 g/mol. The summed E-state index contributed by atoms with van der Waals surface area (Å²) in [5.74, 6) is -0.415. The first-order chi connectivity index (χ1) is 12.6. The number of aryl methyl sites for hydroxylation is 1. The molecule has 3 rings (SSSR count). The fourth-order valence-corrected chi connectivity index (χ4v) is 2.49. The number of rotatable bonds is 6. The van der Waals surface area contributed by atoms with Crippen molar-refractivity contribution >= 4 is 11.9 Å². The van der Waals surface area contributed by atoms with Gasteiger partial charge >= 0.3 is 5.97 Å². The number of nitrogens with one attached hydrogen (secondary N) is 1. The molecule has 0 bridgehead atoms. The first-order valence-electron chi connectivity index (χ1n) is 7.90. The zero-order chi connectivity index (χ0) is 18.5. The average molecular weight is 351 g/mol. The summed E-state index contributed by atoms with van der Waals surface area (Å²) >= 11 is 0. The second-order valence-corrected chi connectivity index (χ2v) is 5.54. The highest BCUT2D eigenvalue weighted by Crippen LogP contribution is 2.25. The lowest BCUT2D eigenvalue weighted by Gasteiger charge is -2.12. The molecule has 0 aliphatic heterocycles. The molecule has 7 nitrogen and oxygen atoms in total. The van der Waals surface area contributed by atoms with E-state index < -0.39 is 11.9 Å². The summed E-state index contributed by atoms with van der Waals surface area (Å²) in [5.41, 5.74) is 0.626. The molecule has 2 aromatic carbocycles. The van der Waals surface area contributed by atoms with E-state index in [0.717, 1.165) is 11.8 Å². The van der Waals surface area contributed by atoms with Gasteiger partial charge in [0.15, 0.2) is 0 Å². The van der Waals surface area contributed by atoms with E-state index in [9.17, 15) is 9.59 Å². The van der Waals surface area contributed by atoms with E-state index in [1.54, 1.807) is 6.07 Å². The number of aromatic carboxylic acids is 1. The van der Waals surface area contributed by atoms with Crippen LogP contribution in [0.2, 0.25) is 0 Å². The summed E-state index contributed by atoms with van der Waals surface area (Å²) < 4.78 is 7.10. The Morgan fingerprint density at radius 1 is 1.12 bits per heavy atom. The summed E-state index contributed by atoms with van der Waals surface area (Å²) in [6.07, 6.45) is 1.16. The van der Waals surface area contributed by atoms with E-state index >= 15 is 0 Å². The Balaban J connectivity index is 1.75. The lowest BCUT2D eigenvalue weighted by Crippen LogP contribution is -2.27. The van der Waals surface area contributed by atoms with Crippen LogP contribution in [-0.2, 0) is 13.6 Å². The fourth-order valence-electron chi connectivity index (χ4n) is 2.49. The van der Waals surface area contributed by atoms with Crippen molar-refractivity contribution in [2.75, 3.05) is 0 Å². The summed E-state index contributed by atoms with van der Waals surface area (Å²) in [6.45, 7) is 0.187. The maximum Gasteiger partial charge on any atom is 0.339 e. The van der Waals surface area contributed by atoms with Crippen LogP contribution in [0.1, 0.15) is 26.4 Å². The van der Waals surface area contributed by atoms with Gasteiger partial charge < -0.3 is 15.2 Å². The van der Waals surface area contributed by atoms with Gasteiger partial charge in [0.1, 0.15) is 22.8 Å². The van der Waals surface area contributed by atoms with Gasteiger partial charge in [0.25, 0.3) is 5.91 Å². The number of hydrogen-bond acceptors (Lipinski definition) is 4. The first-order valence-corrected chi connectivity index (χ1v) is 7.90. The molecule has 1 heterocycles. The number of carboxylic acids is 1. The molecular formula is C19H17N3O4. The molecule has 0 spiro atoms. The number of carbonyl (C=O) groups excluding carboxylic acids is 1. The lowest BCUT2D eigenvalue weighted by atomic mass is 10.2. The predicted molar refractivity (Wildman–Crippen MR) is 94.3 cm³/mol. The maximum absolute atomic E-state index is 12.4. The Morgan fingerprint density at radius 3 is 2.54 bits per heavy atom. The molecule has 3 aromatic rings. The number of aromatic nitrogens is 2. The topological polar surface area (TPSA) is 93.5 Å². The molecule has 1 amide bonds. The number of para-hydroxylation sites is 2. The number of carboxylic acid groups (broad SMARTS) is 1. The van der Waals surface area contributed by atoms with Crippen molar-refractivity contribution in [1.82, 2.24) is 15.1 Å². The van der Waals surface area contributed by atoms with Crippen molar-refractivity contribution in [1.29, 1.82) is 0 Å². The number of carbonyl (C=O) groups is 2. The van der Waals surface area contributed by atoms with Crippen LogP contribution < -0.4 is 10.1 Å². The van der Waals surface area contributed by atoms with Gasteiger partial charge in [0, 0.05) is 19.2 Å². The minimum atomic E-state index is -1.20. The maximum atomic E-state index is 12.4. The van der Waals surface area contributed by atoms with Crippen LogP contribution in [0, 0.1) is 0 Å². The Kier molecular flexibility index (Phi) is 4.98. The summed E-state index contributed by atoms with van der Waals surface area (Å²) in [5, 5.41) is 15.7. The Bertz CT molecular complexity index is 935. The molecule has 0 atom stereocenters. The molecule has 0 saturated carbocycles. The Morgan fingerprint density at radius 2 is 1.81 bits per heavy atom. The van der Waals surface area contributed by atoms with Crippen LogP contribution >= 0.6 is 0 Å². The van der Waals surface area contributed by atoms with E-state index in [4.69, 9.17) is 9.84 Å². The van der Waals surface area contributed by atoms with Crippen molar-refractivity contribution in [2.45, 2.75) is 6.54 Å². The molecule has 1 aromatic heterocycles. The highest BCUT2D eigenvalue weighted by molar-refractivity contribution is 6.03. The monoisotopic (exact) mass is 351 g/mol. The smallest absolute Gasteiger partial charge is 0.339 e. The molecule has 0 aliphatic carbocycles. The van der Waals surface area contributed by atoms with Gasteiger partial charge in [-0.3, -0.25) is 9.48 Å². The zero-order valence-corrected chi connectivity index (χ0v) is 14.0. The van der Waals surface area contributed by atoms with Gasteiger partial charge in [-0.2, -0.15) is 5.10 Å². The second-order valence-electron chi connectivity index (χ2n) is 5.54. The SMILES string of the molecule is Cn1ncc(C(=O)O)c1C(=O)NCc1ccccc1Oc1ccccc1. The number of ether oxygens (including phenoxy) is 1. The molecule has 0 radical (unpaired) electrons. The minimum absolute atomic E-state index is 0.000964. The minimum Gasteiger partial charge on any atom is -0.478 e. The first kappa shape index (κ1) is 17.2. The van der Waals surface area contributed by atoms with Crippen molar-refractivity contribution < 1.29 is 19.4 Å². The third-order valence-electron chi connectivity index (χ3n) is 3.77. The van der Waals surface area contributed by atoms with Gasteiger partial charge in [-0.15, -0.1) is 0 Å². The van der Waals surface area contributed by atoms with Gasteiger partial charge in [0.05, 0.1) is 6.20 Å². The lowest BCUT2D eigenvalue weighted by molar-refractivity contribution is 0.0690. The van der Waals surface area contributed by atoms with Crippen LogP contribution in [0.4, 0.5) is 0 Å². The quantitative estimate of drug-likeness (QED) is 0.712. The van der Waals surface area contributed by atoms with Crippen LogP contribution in [0.25, 0.3) is 0 Å². The molecule has 132 valence electrons. The third kappa shape index (κ3) is 3.72. The number of nitrogens with zero attached hydrogens (tertiary/aromatic N) is 2. The zero-order valence-electron chi connectivity index (χ0n) is 14.0. The number of benzene rings is 2. The number of amides is 1. The second kappa shape index (κ2) is 7.52. The number of hydrogen-bond donors (Lipinski definition) is 2. The van der Waals surface area contributed by atoms with E-state index in [-0.39, 0.29) is 17.8 Å². The van der Waals surface area contributed by atoms with Gasteiger partial charge in [0.2, 0.25) is 0 Å². The Hall–Kier alpha value is -3.61. The summed E-state index contributed by atoms with van der Waals surface area (Å²) in [4.78, 5) is 23.6. The molecule has 0 unspecified atom stereocenters. The third-order valence-corrected chi connectivity index (χ3v) is 3.77. The van der Waals surface area contributed by atoms with E-state index in [1.807, 2.05) is 48.5 Å². The molecule has 0 saturated heterocycles. The van der Waals surface area contributed by atoms with Gasteiger partial charge in [-0.05, 0) is 18.2 Å². The molecule has 26 heavy (non-hydrogen) atoms. The standard InChI is InChI=1S/C19H17N3O4/c1-22-17(15(12-21-22)19(24)25)18(23)20-11-13-7-5-6-10-16(13)26-14-8-3-2-4-9-14/h2-10,12H,11H2,1H3,(H,20,23)(H,24,25). The highest BCUT2D eigenvalue weighted by Gasteiger charge is 2.21. The normalized spacial score (nSPS) is 10.3. The van der Waals surface area contributed by atoms with Crippen LogP contribution in [-0.4, -0.2) is 26.8 Å². The average Bonchev–Trinajstić information content (AvgIpc) is 3.03. The molecule has 0 aliphatic rings. The van der Waals surface area contributed by atoms with E-state index in [2.05, 4.69) is 10.4 Å². The van der Waals surface area contributed by atoms with E-state index in [0.29, 0.717) is 11.5 Å². The largest absolute Gasteiger partial charge is 0.478 e.